The zero-order valence-corrected chi connectivity index (χ0v) is 8.72. The molecule has 1 aromatic heterocycles. The first-order valence-electron chi connectivity index (χ1n) is 4.81. The summed E-state index contributed by atoms with van der Waals surface area (Å²) in [7, 11) is 0. The topological polar surface area (TPSA) is 92.3 Å². The molecule has 0 aromatic carbocycles. The van der Waals surface area contributed by atoms with Crippen LogP contribution < -0.4 is 5.73 Å². The number of rotatable bonds is 4. The second-order valence-electron chi connectivity index (χ2n) is 3.43. The number of hydrogen-bond donors (Lipinski definition) is 3. The van der Waals surface area contributed by atoms with E-state index in [1.54, 1.807) is 0 Å². The average molecular weight is 251 g/mol. The lowest BCUT2D eigenvalue weighted by atomic mass is 10.1. The summed E-state index contributed by atoms with van der Waals surface area (Å²) in [6.45, 7) is 0.152. The molecule has 2 unspecified atom stereocenters. The van der Waals surface area contributed by atoms with Crippen LogP contribution in [0, 0.1) is 0 Å². The van der Waals surface area contributed by atoms with E-state index in [0.29, 0.717) is 0 Å². The van der Waals surface area contributed by atoms with Gasteiger partial charge < -0.3 is 15.9 Å². The molecule has 1 heterocycles. The smallest absolute Gasteiger partial charge is 0.390 e. The number of halogens is 3. The maximum Gasteiger partial charge on any atom is 0.451 e. The molecule has 0 aliphatic rings. The molecule has 0 saturated heterocycles. The first-order chi connectivity index (χ1) is 7.86. The summed E-state index contributed by atoms with van der Waals surface area (Å²) in [5.74, 6) is -1.29. The van der Waals surface area contributed by atoms with Gasteiger partial charge in [-0.2, -0.15) is 13.2 Å². The van der Waals surface area contributed by atoms with Crippen molar-refractivity contribution in [3.63, 3.8) is 0 Å². The van der Waals surface area contributed by atoms with Crippen LogP contribution in [0.25, 0.3) is 0 Å². The van der Waals surface area contributed by atoms with Gasteiger partial charge in [0, 0.05) is 18.0 Å². The van der Waals surface area contributed by atoms with Crippen molar-refractivity contribution in [2.75, 3.05) is 6.54 Å². The third kappa shape index (κ3) is 3.62. The van der Waals surface area contributed by atoms with Crippen LogP contribution >= 0.6 is 0 Å². The van der Waals surface area contributed by atoms with E-state index in [-0.39, 0.29) is 18.5 Å². The molecule has 0 spiro atoms. The molecule has 0 saturated carbocycles. The van der Waals surface area contributed by atoms with Gasteiger partial charge in [-0.1, -0.05) is 0 Å². The van der Waals surface area contributed by atoms with Crippen LogP contribution in [0.2, 0.25) is 0 Å². The lowest BCUT2D eigenvalue weighted by Gasteiger charge is -2.16. The van der Waals surface area contributed by atoms with Crippen molar-refractivity contribution in [2.45, 2.75) is 24.8 Å². The van der Waals surface area contributed by atoms with Crippen LogP contribution in [0.4, 0.5) is 13.2 Å². The summed E-state index contributed by atoms with van der Waals surface area (Å²) in [5, 5.41) is 18.9. The van der Waals surface area contributed by atoms with E-state index in [9.17, 15) is 23.4 Å². The fourth-order valence-electron chi connectivity index (χ4n) is 1.19. The largest absolute Gasteiger partial charge is 0.451 e. The van der Waals surface area contributed by atoms with E-state index >= 15 is 0 Å². The van der Waals surface area contributed by atoms with E-state index in [0.717, 1.165) is 12.4 Å². The number of aliphatic hydroxyl groups excluding tert-OH is 2. The molecule has 4 N–H and O–H groups in total. The zero-order chi connectivity index (χ0) is 13.1. The number of aromatic nitrogens is 2. The number of nitrogens with zero attached hydrogens (tertiary/aromatic N) is 2. The minimum Gasteiger partial charge on any atom is -0.390 e. The Hall–Kier alpha value is -1.25. The maximum atomic E-state index is 12.1. The number of aliphatic hydroxyl groups is 2. The minimum absolute atomic E-state index is 0.0129. The van der Waals surface area contributed by atoms with Gasteiger partial charge in [0.25, 0.3) is 0 Å². The highest BCUT2D eigenvalue weighted by Crippen LogP contribution is 2.26. The quantitative estimate of drug-likeness (QED) is 0.712. The van der Waals surface area contributed by atoms with Gasteiger partial charge >= 0.3 is 6.18 Å². The van der Waals surface area contributed by atoms with Gasteiger partial charge in [-0.05, 0) is 13.0 Å². The molecule has 0 aliphatic heterocycles. The zero-order valence-electron chi connectivity index (χ0n) is 8.72. The highest BCUT2D eigenvalue weighted by molar-refractivity contribution is 5.11. The molecule has 8 heteroatoms. The van der Waals surface area contributed by atoms with Crippen molar-refractivity contribution in [1.29, 1.82) is 0 Å². The Morgan fingerprint density at radius 2 is 1.76 bits per heavy atom. The van der Waals surface area contributed by atoms with Crippen molar-refractivity contribution in [1.82, 2.24) is 9.97 Å². The Kier molecular flexibility index (Phi) is 4.38. The van der Waals surface area contributed by atoms with E-state index in [4.69, 9.17) is 5.73 Å². The lowest BCUT2D eigenvalue weighted by molar-refractivity contribution is -0.145. The molecule has 1 aromatic rings. The third-order valence-corrected chi connectivity index (χ3v) is 2.09. The number of hydrogen-bond acceptors (Lipinski definition) is 5. The summed E-state index contributed by atoms with van der Waals surface area (Å²) < 4.78 is 36.4. The molecule has 0 aliphatic carbocycles. The van der Waals surface area contributed by atoms with Crippen LogP contribution in [0.15, 0.2) is 12.4 Å². The first-order valence-corrected chi connectivity index (χ1v) is 4.81. The van der Waals surface area contributed by atoms with E-state index in [2.05, 4.69) is 9.97 Å². The Labute approximate surface area is 95.1 Å². The molecule has 0 fully saturated rings. The van der Waals surface area contributed by atoms with E-state index in [1.807, 2.05) is 0 Å². The second kappa shape index (κ2) is 5.39. The Balaban J connectivity index is 2.80. The lowest BCUT2D eigenvalue weighted by Crippen LogP contribution is -2.22. The highest BCUT2D eigenvalue weighted by atomic mass is 19.4. The molecule has 0 bridgehead atoms. The monoisotopic (exact) mass is 251 g/mol. The van der Waals surface area contributed by atoms with Crippen molar-refractivity contribution in [3.05, 3.63) is 23.8 Å². The average Bonchev–Trinajstić information content (AvgIpc) is 2.27. The number of alkyl halides is 3. The molecule has 0 amide bonds. The van der Waals surface area contributed by atoms with Crippen molar-refractivity contribution >= 4 is 0 Å². The predicted molar refractivity (Wildman–Crippen MR) is 51.7 cm³/mol. The van der Waals surface area contributed by atoms with E-state index in [1.165, 1.54) is 0 Å². The van der Waals surface area contributed by atoms with Crippen LogP contribution in [-0.4, -0.2) is 32.8 Å². The summed E-state index contributed by atoms with van der Waals surface area (Å²) in [6.07, 6.45) is -5.33. The highest BCUT2D eigenvalue weighted by Gasteiger charge is 2.34. The number of nitrogens with two attached hydrogens (primary N) is 1. The second-order valence-corrected chi connectivity index (χ2v) is 3.43. The van der Waals surface area contributed by atoms with Crippen LogP contribution in [0.3, 0.4) is 0 Å². The molecule has 5 nitrogen and oxygen atoms in total. The van der Waals surface area contributed by atoms with Crippen LogP contribution in [-0.2, 0) is 6.18 Å². The predicted octanol–water partition coefficient (Wildman–Crippen LogP) is 0.239. The van der Waals surface area contributed by atoms with Crippen molar-refractivity contribution < 1.29 is 23.4 Å². The van der Waals surface area contributed by atoms with E-state index < -0.39 is 24.2 Å². The maximum absolute atomic E-state index is 12.1. The summed E-state index contributed by atoms with van der Waals surface area (Å²) in [6, 6.07) is 0. The summed E-state index contributed by atoms with van der Waals surface area (Å²) in [4.78, 5) is 6.15. The molecule has 2 atom stereocenters. The van der Waals surface area contributed by atoms with Crippen molar-refractivity contribution in [2.24, 2.45) is 5.73 Å². The van der Waals surface area contributed by atoms with Gasteiger partial charge in [0.05, 0.1) is 6.10 Å². The van der Waals surface area contributed by atoms with Gasteiger partial charge in [0.2, 0.25) is 5.82 Å². The minimum atomic E-state index is -4.63. The van der Waals surface area contributed by atoms with Crippen molar-refractivity contribution in [3.8, 4) is 0 Å². The molecular formula is C9H12F3N3O2. The SMILES string of the molecule is NCCC(O)C(O)c1cnc(C(F)(F)F)nc1. The Morgan fingerprint density at radius 1 is 1.24 bits per heavy atom. The molecule has 17 heavy (non-hydrogen) atoms. The normalized spacial score (nSPS) is 15.6. The Morgan fingerprint density at radius 3 is 2.18 bits per heavy atom. The van der Waals surface area contributed by atoms with Gasteiger partial charge in [-0.3, -0.25) is 0 Å². The standard InChI is InChI=1S/C9H12F3N3O2/c10-9(11,12)8-14-3-5(4-15-8)7(17)6(16)1-2-13/h3-4,6-7,16-17H,1-2,13H2. The van der Waals surface area contributed by atoms with Crippen LogP contribution in [0.1, 0.15) is 23.9 Å². The molecular weight excluding hydrogens is 239 g/mol. The molecule has 96 valence electrons. The molecule has 1 rings (SSSR count). The first kappa shape index (κ1) is 13.8. The summed E-state index contributed by atoms with van der Waals surface area (Å²) >= 11 is 0. The fourth-order valence-corrected chi connectivity index (χ4v) is 1.19. The summed E-state index contributed by atoms with van der Waals surface area (Å²) in [5.41, 5.74) is 5.19. The van der Waals surface area contributed by atoms with Crippen LogP contribution in [0.5, 0.6) is 0 Å². The van der Waals surface area contributed by atoms with Gasteiger partial charge in [-0.25, -0.2) is 9.97 Å². The van der Waals surface area contributed by atoms with Gasteiger partial charge in [0.15, 0.2) is 0 Å². The third-order valence-electron chi connectivity index (χ3n) is 2.09. The Bertz CT molecular complexity index is 355. The fraction of sp³-hybridized carbons (Fsp3) is 0.556. The van der Waals surface area contributed by atoms with Gasteiger partial charge in [0.1, 0.15) is 6.10 Å². The van der Waals surface area contributed by atoms with Gasteiger partial charge in [-0.15, -0.1) is 0 Å². The molecule has 0 radical (unpaired) electrons.